The lowest BCUT2D eigenvalue weighted by Gasteiger charge is -2.22. The van der Waals surface area contributed by atoms with Gasteiger partial charge in [0, 0.05) is 49.4 Å². The molecule has 0 amide bonds. The van der Waals surface area contributed by atoms with Crippen LogP contribution >= 0.6 is 35.6 Å². The highest BCUT2D eigenvalue weighted by Crippen LogP contribution is 2.48. The van der Waals surface area contributed by atoms with Crippen LogP contribution < -0.4 is 15.5 Å². The van der Waals surface area contributed by atoms with Gasteiger partial charge in [-0.2, -0.15) is 0 Å². The summed E-state index contributed by atoms with van der Waals surface area (Å²) in [5.41, 5.74) is 1.42. The lowest BCUT2D eigenvalue weighted by atomic mass is 9.96. The Morgan fingerprint density at radius 1 is 1.34 bits per heavy atom. The third kappa shape index (κ3) is 5.12. The van der Waals surface area contributed by atoms with Gasteiger partial charge in [0.2, 0.25) is 0 Å². The molecule has 0 bridgehead atoms. The van der Waals surface area contributed by atoms with Crippen molar-refractivity contribution in [2.24, 2.45) is 4.99 Å². The number of anilines is 1. The van der Waals surface area contributed by atoms with Crippen molar-refractivity contribution in [1.82, 2.24) is 15.6 Å². The number of aliphatic imine (C=N–C) groups is 1. The molecular formula is C21H26ClFIN5. The van der Waals surface area contributed by atoms with E-state index in [2.05, 4.69) is 32.7 Å². The Kier molecular flexibility index (Phi) is 7.21. The van der Waals surface area contributed by atoms with Gasteiger partial charge < -0.3 is 15.5 Å². The standard InChI is InChI=1S/C21H25ClFN5.HI/c1-24-20(26-14-21(8-9-21)15-4-2-5-16(22)12-15)27-17-7-11-28(13-17)19-18(23)6-3-10-25-19;/h2-6,10,12,17H,7-9,11,13-14H2,1H3,(H2,24,26,27);1H. The van der Waals surface area contributed by atoms with Crippen LogP contribution in [0.4, 0.5) is 10.2 Å². The number of nitrogens with zero attached hydrogens (tertiary/aromatic N) is 3. The van der Waals surface area contributed by atoms with Crippen molar-refractivity contribution in [2.45, 2.75) is 30.7 Å². The summed E-state index contributed by atoms with van der Waals surface area (Å²) in [6.07, 6.45) is 4.84. The second-order valence-corrected chi connectivity index (χ2v) is 8.04. The van der Waals surface area contributed by atoms with Crippen LogP contribution in [0, 0.1) is 5.82 Å². The fourth-order valence-electron chi connectivity index (χ4n) is 3.86. The molecule has 1 saturated heterocycles. The third-order valence-electron chi connectivity index (χ3n) is 5.68. The maximum Gasteiger partial charge on any atom is 0.191 e. The molecular weight excluding hydrogens is 504 g/mol. The quantitative estimate of drug-likeness (QED) is 0.350. The lowest BCUT2D eigenvalue weighted by Crippen LogP contribution is -2.46. The number of hydrogen-bond acceptors (Lipinski definition) is 3. The van der Waals surface area contributed by atoms with Gasteiger partial charge in [0.25, 0.3) is 0 Å². The first-order chi connectivity index (χ1) is 13.6. The Morgan fingerprint density at radius 3 is 2.86 bits per heavy atom. The van der Waals surface area contributed by atoms with Crippen molar-refractivity contribution < 1.29 is 4.39 Å². The van der Waals surface area contributed by atoms with Crippen LogP contribution in [0.15, 0.2) is 47.6 Å². The van der Waals surface area contributed by atoms with Gasteiger partial charge in [0.15, 0.2) is 17.6 Å². The van der Waals surface area contributed by atoms with Gasteiger partial charge in [-0.3, -0.25) is 4.99 Å². The zero-order valence-corrected chi connectivity index (χ0v) is 19.5. The Bertz CT molecular complexity index is 874. The molecule has 1 saturated carbocycles. The molecule has 1 aliphatic heterocycles. The first-order valence-corrected chi connectivity index (χ1v) is 10.1. The maximum absolute atomic E-state index is 14.0. The molecule has 2 heterocycles. The number of pyridine rings is 1. The van der Waals surface area contributed by atoms with Crippen LogP contribution in [0.1, 0.15) is 24.8 Å². The van der Waals surface area contributed by atoms with Crippen molar-refractivity contribution in [3.05, 3.63) is 59.0 Å². The Labute approximate surface area is 193 Å². The molecule has 1 atom stereocenters. The number of nitrogens with one attached hydrogen (secondary N) is 2. The monoisotopic (exact) mass is 529 g/mol. The van der Waals surface area contributed by atoms with Gasteiger partial charge in [-0.1, -0.05) is 23.7 Å². The largest absolute Gasteiger partial charge is 0.356 e. The van der Waals surface area contributed by atoms with Crippen LogP contribution in [0.3, 0.4) is 0 Å². The van der Waals surface area contributed by atoms with E-state index < -0.39 is 0 Å². The van der Waals surface area contributed by atoms with E-state index in [0.29, 0.717) is 12.4 Å². The Balaban J connectivity index is 0.00000240. The van der Waals surface area contributed by atoms with E-state index in [9.17, 15) is 4.39 Å². The number of rotatable bonds is 5. The Morgan fingerprint density at radius 2 is 2.17 bits per heavy atom. The van der Waals surface area contributed by atoms with Crippen molar-refractivity contribution in [3.8, 4) is 0 Å². The van der Waals surface area contributed by atoms with Gasteiger partial charge in [0.05, 0.1) is 0 Å². The van der Waals surface area contributed by atoms with Gasteiger partial charge in [-0.25, -0.2) is 9.37 Å². The maximum atomic E-state index is 14.0. The predicted molar refractivity (Wildman–Crippen MR) is 127 cm³/mol. The van der Waals surface area contributed by atoms with E-state index in [1.807, 2.05) is 17.0 Å². The lowest BCUT2D eigenvalue weighted by molar-refractivity contribution is 0.606. The second-order valence-electron chi connectivity index (χ2n) is 7.60. The molecule has 156 valence electrons. The molecule has 5 nitrogen and oxygen atoms in total. The summed E-state index contributed by atoms with van der Waals surface area (Å²) >= 11 is 6.16. The van der Waals surface area contributed by atoms with Crippen LogP contribution in [-0.4, -0.2) is 43.7 Å². The van der Waals surface area contributed by atoms with Gasteiger partial charge in [-0.05, 0) is 49.1 Å². The van der Waals surface area contributed by atoms with E-state index in [4.69, 9.17) is 11.6 Å². The minimum Gasteiger partial charge on any atom is -0.356 e. The first-order valence-electron chi connectivity index (χ1n) is 9.68. The Hall–Kier alpha value is -1.61. The van der Waals surface area contributed by atoms with E-state index in [1.165, 1.54) is 11.6 Å². The number of benzene rings is 1. The highest BCUT2D eigenvalue weighted by atomic mass is 127. The predicted octanol–water partition coefficient (Wildman–Crippen LogP) is 3.97. The molecule has 1 aromatic carbocycles. The molecule has 1 unspecified atom stereocenters. The summed E-state index contributed by atoms with van der Waals surface area (Å²) in [6, 6.07) is 11.4. The summed E-state index contributed by atoms with van der Waals surface area (Å²) in [4.78, 5) is 10.5. The van der Waals surface area contributed by atoms with Gasteiger partial charge in [0.1, 0.15) is 0 Å². The summed E-state index contributed by atoms with van der Waals surface area (Å²) in [5.74, 6) is 0.928. The number of halogens is 3. The van der Waals surface area contributed by atoms with Crippen LogP contribution in [-0.2, 0) is 5.41 Å². The summed E-state index contributed by atoms with van der Waals surface area (Å²) in [6.45, 7) is 2.29. The molecule has 0 radical (unpaired) electrons. The van der Waals surface area contributed by atoms with Crippen LogP contribution in [0.25, 0.3) is 0 Å². The van der Waals surface area contributed by atoms with E-state index >= 15 is 0 Å². The molecule has 2 N–H and O–H groups in total. The van der Waals surface area contributed by atoms with Gasteiger partial charge in [-0.15, -0.1) is 24.0 Å². The fraction of sp³-hybridized carbons (Fsp3) is 0.429. The van der Waals surface area contributed by atoms with Gasteiger partial charge >= 0.3 is 0 Å². The van der Waals surface area contributed by atoms with Crippen LogP contribution in [0.2, 0.25) is 5.02 Å². The molecule has 0 spiro atoms. The number of hydrogen-bond donors (Lipinski definition) is 2. The van der Waals surface area contributed by atoms with E-state index in [0.717, 1.165) is 43.3 Å². The summed E-state index contributed by atoms with van der Waals surface area (Å²) in [5, 5.41) is 7.72. The zero-order chi connectivity index (χ0) is 19.6. The molecule has 8 heteroatoms. The van der Waals surface area contributed by atoms with Crippen molar-refractivity contribution >= 4 is 47.4 Å². The second kappa shape index (κ2) is 9.47. The van der Waals surface area contributed by atoms with Crippen molar-refractivity contribution in [3.63, 3.8) is 0 Å². The minimum atomic E-state index is -0.275. The molecule has 2 fully saturated rings. The highest BCUT2D eigenvalue weighted by Gasteiger charge is 2.44. The number of aromatic nitrogens is 1. The average Bonchev–Trinajstić information content (AvgIpc) is 3.36. The minimum absolute atomic E-state index is 0. The molecule has 2 aromatic rings. The molecule has 1 aliphatic carbocycles. The van der Waals surface area contributed by atoms with Crippen molar-refractivity contribution in [1.29, 1.82) is 0 Å². The van der Waals surface area contributed by atoms with Crippen molar-refractivity contribution in [2.75, 3.05) is 31.6 Å². The third-order valence-corrected chi connectivity index (χ3v) is 5.91. The van der Waals surface area contributed by atoms with E-state index in [-0.39, 0.29) is 41.3 Å². The number of guanidine groups is 1. The molecule has 1 aromatic heterocycles. The summed E-state index contributed by atoms with van der Waals surface area (Å²) in [7, 11) is 1.78. The molecule has 29 heavy (non-hydrogen) atoms. The summed E-state index contributed by atoms with van der Waals surface area (Å²) < 4.78 is 14.0. The van der Waals surface area contributed by atoms with Crippen LogP contribution in [0.5, 0.6) is 0 Å². The molecule has 2 aliphatic rings. The normalized spacial score (nSPS) is 20.2. The fourth-order valence-corrected chi connectivity index (χ4v) is 4.05. The smallest absolute Gasteiger partial charge is 0.191 e. The zero-order valence-electron chi connectivity index (χ0n) is 16.4. The SMILES string of the molecule is CN=C(NCC1(c2cccc(Cl)c2)CC1)NC1CCN(c2ncccc2F)C1.I. The average molecular weight is 530 g/mol. The highest BCUT2D eigenvalue weighted by molar-refractivity contribution is 14.0. The first kappa shape index (κ1) is 22.1. The topological polar surface area (TPSA) is 52.6 Å². The molecule has 4 rings (SSSR count). The van der Waals surface area contributed by atoms with E-state index in [1.54, 1.807) is 19.3 Å².